The van der Waals surface area contributed by atoms with Crippen molar-refractivity contribution in [2.75, 3.05) is 5.73 Å². The minimum atomic E-state index is -0.693. The van der Waals surface area contributed by atoms with Gasteiger partial charge in [-0.2, -0.15) is 5.10 Å². The van der Waals surface area contributed by atoms with Gasteiger partial charge in [-0.15, -0.1) is 0 Å². The van der Waals surface area contributed by atoms with Gasteiger partial charge in [-0.25, -0.2) is 5.43 Å². The van der Waals surface area contributed by atoms with Gasteiger partial charge in [0.1, 0.15) is 5.75 Å². The highest BCUT2D eigenvalue weighted by Crippen LogP contribution is 2.27. The highest BCUT2D eigenvalue weighted by Gasteiger charge is 2.17. The number of rotatable bonds is 5. The molecule has 0 heterocycles. The highest BCUT2D eigenvalue weighted by atomic mass is 35.5. The molecule has 0 unspecified atom stereocenters. The normalized spacial score (nSPS) is 12.6. The molecule has 132 valence electrons. The van der Waals surface area contributed by atoms with E-state index in [9.17, 15) is 4.79 Å². The number of benzene rings is 2. The average molecular weight is 360 g/mol. The van der Waals surface area contributed by atoms with Crippen LogP contribution in [0.3, 0.4) is 0 Å². The van der Waals surface area contributed by atoms with Crippen LogP contribution in [0.25, 0.3) is 0 Å². The van der Waals surface area contributed by atoms with Crippen molar-refractivity contribution in [3.8, 4) is 5.75 Å². The zero-order chi connectivity index (χ0) is 18.6. The van der Waals surface area contributed by atoms with Crippen molar-refractivity contribution in [1.29, 1.82) is 0 Å². The zero-order valence-electron chi connectivity index (χ0n) is 14.8. The third-order valence-corrected chi connectivity index (χ3v) is 3.97. The summed E-state index contributed by atoms with van der Waals surface area (Å²) in [5.74, 6) is 0.329. The van der Waals surface area contributed by atoms with Gasteiger partial charge in [-0.1, -0.05) is 23.7 Å². The molecular formula is C19H22ClN3O2. The second-order valence-corrected chi connectivity index (χ2v) is 6.36. The number of amides is 1. The van der Waals surface area contributed by atoms with Crippen LogP contribution < -0.4 is 15.9 Å². The summed E-state index contributed by atoms with van der Waals surface area (Å²) in [6.07, 6.45) is -0.693. The lowest BCUT2D eigenvalue weighted by Gasteiger charge is -2.17. The summed E-state index contributed by atoms with van der Waals surface area (Å²) >= 11 is 6.01. The second-order valence-electron chi connectivity index (χ2n) is 5.92. The number of halogens is 1. The monoisotopic (exact) mass is 359 g/mol. The third kappa shape index (κ3) is 4.97. The Labute approximate surface area is 152 Å². The molecule has 0 fully saturated rings. The van der Waals surface area contributed by atoms with Crippen LogP contribution in [0.15, 0.2) is 41.5 Å². The molecule has 1 amide bonds. The number of nitrogens with zero attached hydrogens (tertiary/aromatic N) is 1. The molecule has 0 bridgehead atoms. The molecule has 25 heavy (non-hydrogen) atoms. The minimum Gasteiger partial charge on any atom is -0.480 e. The summed E-state index contributed by atoms with van der Waals surface area (Å²) in [5, 5.41) is 4.76. The molecule has 0 saturated carbocycles. The molecule has 2 aromatic rings. The number of nitrogens with two attached hydrogens (primary N) is 1. The van der Waals surface area contributed by atoms with Crippen LogP contribution in [-0.2, 0) is 4.79 Å². The third-order valence-electron chi connectivity index (χ3n) is 3.75. The van der Waals surface area contributed by atoms with Gasteiger partial charge in [-0.3, -0.25) is 4.79 Å². The van der Waals surface area contributed by atoms with Gasteiger partial charge in [0, 0.05) is 10.7 Å². The molecule has 6 heteroatoms. The van der Waals surface area contributed by atoms with Crippen LogP contribution in [0.1, 0.15) is 30.5 Å². The highest BCUT2D eigenvalue weighted by molar-refractivity contribution is 6.30. The van der Waals surface area contributed by atoms with Gasteiger partial charge in [0.25, 0.3) is 5.91 Å². The smallest absolute Gasteiger partial charge is 0.280 e. The van der Waals surface area contributed by atoms with E-state index in [0.717, 1.165) is 16.7 Å². The maximum absolute atomic E-state index is 12.2. The Bertz CT molecular complexity index is 778. The first-order chi connectivity index (χ1) is 11.8. The number of carbonyl (C=O) groups is 1. The molecule has 0 aliphatic heterocycles. The molecule has 1 atom stereocenters. The van der Waals surface area contributed by atoms with Crippen LogP contribution in [0, 0.1) is 13.8 Å². The minimum absolute atomic E-state index is 0.330. The van der Waals surface area contributed by atoms with E-state index >= 15 is 0 Å². The van der Waals surface area contributed by atoms with Gasteiger partial charge in [-0.05, 0) is 68.7 Å². The lowest BCUT2D eigenvalue weighted by molar-refractivity contribution is -0.127. The molecule has 3 N–H and O–H groups in total. The molecule has 0 saturated heterocycles. The van der Waals surface area contributed by atoms with Crippen molar-refractivity contribution >= 4 is 28.9 Å². The fourth-order valence-corrected chi connectivity index (χ4v) is 2.66. The maximum Gasteiger partial charge on any atom is 0.280 e. The number of hydrogen-bond donors (Lipinski definition) is 2. The quantitative estimate of drug-likeness (QED) is 0.483. The molecule has 0 aliphatic carbocycles. The van der Waals surface area contributed by atoms with Crippen LogP contribution >= 0.6 is 11.6 Å². The Balaban J connectivity index is 2.03. The van der Waals surface area contributed by atoms with Gasteiger partial charge in [0.05, 0.1) is 5.71 Å². The van der Waals surface area contributed by atoms with Gasteiger partial charge >= 0.3 is 0 Å². The first-order valence-electron chi connectivity index (χ1n) is 7.91. The molecule has 0 radical (unpaired) electrons. The van der Waals surface area contributed by atoms with Crippen molar-refractivity contribution in [2.24, 2.45) is 5.10 Å². The SMILES string of the molecule is C/C(=N/NC(=O)[C@@H](C)Oc1c(C)cc(Cl)cc1C)c1ccc(N)cc1. The Morgan fingerprint density at radius 3 is 2.32 bits per heavy atom. The predicted molar refractivity (Wildman–Crippen MR) is 102 cm³/mol. The average Bonchev–Trinajstić information content (AvgIpc) is 2.56. The summed E-state index contributed by atoms with van der Waals surface area (Å²) in [6.45, 7) is 7.27. The van der Waals surface area contributed by atoms with Gasteiger partial charge < -0.3 is 10.5 Å². The van der Waals surface area contributed by atoms with Crippen molar-refractivity contribution in [3.63, 3.8) is 0 Å². The van der Waals surface area contributed by atoms with E-state index in [0.29, 0.717) is 22.2 Å². The number of nitrogen functional groups attached to an aromatic ring is 1. The molecule has 2 rings (SSSR count). The van der Waals surface area contributed by atoms with Crippen molar-refractivity contribution in [2.45, 2.75) is 33.8 Å². The Hall–Kier alpha value is -2.53. The molecule has 2 aromatic carbocycles. The first kappa shape index (κ1) is 18.8. The van der Waals surface area contributed by atoms with E-state index in [1.54, 1.807) is 31.2 Å². The first-order valence-corrected chi connectivity index (χ1v) is 8.29. The number of anilines is 1. The van der Waals surface area contributed by atoms with Crippen molar-refractivity contribution in [3.05, 3.63) is 58.1 Å². The molecule has 0 aliphatic rings. The fraction of sp³-hybridized carbons (Fsp3) is 0.263. The number of carbonyl (C=O) groups excluding carboxylic acids is 1. The molecule has 0 aromatic heterocycles. The fourth-order valence-electron chi connectivity index (χ4n) is 2.33. The van der Waals surface area contributed by atoms with E-state index in [1.165, 1.54) is 0 Å². The molecule has 5 nitrogen and oxygen atoms in total. The Morgan fingerprint density at radius 2 is 1.76 bits per heavy atom. The summed E-state index contributed by atoms with van der Waals surface area (Å²) in [6, 6.07) is 10.9. The number of ether oxygens (including phenoxy) is 1. The summed E-state index contributed by atoms with van der Waals surface area (Å²) < 4.78 is 5.79. The van der Waals surface area contributed by atoms with E-state index in [1.807, 2.05) is 32.9 Å². The van der Waals surface area contributed by atoms with Gasteiger partial charge in [0.2, 0.25) is 0 Å². The Kier molecular flexibility index (Phi) is 6.04. The zero-order valence-corrected chi connectivity index (χ0v) is 15.5. The lowest BCUT2D eigenvalue weighted by atomic mass is 10.1. The maximum atomic E-state index is 12.2. The van der Waals surface area contributed by atoms with E-state index in [2.05, 4.69) is 10.5 Å². The largest absolute Gasteiger partial charge is 0.480 e. The standard InChI is InChI=1S/C19H22ClN3O2/c1-11-9-16(20)10-12(2)18(11)25-14(4)19(24)23-22-13(3)15-5-7-17(21)8-6-15/h5-10,14H,21H2,1-4H3,(H,23,24)/b22-13-/t14-/m1/s1. The van der Waals surface area contributed by atoms with Crippen molar-refractivity contribution < 1.29 is 9.53 Å². The summed E-state index contributed by atoms with van der Waals surface area (Å²) in [7, 11) is 0. The summed E-state index contributed by atoms with van der Waals surface area (Å²) in [5.41, 5.74) is 12.2. The van der Waals surface area contributed by atoms with E-state index in [-0.39, 0.29) is 5.91 Å². The van der Waals surface area contributed by atoms with Gasteiger partial charge in [0.15, 0.2) is 6.10 Å². The topological polar surface area (TPSA) is 76.7 Å². The van der Waals surface area contributed by atoms with Crippen LogP contribution in [0.4, 0.5) is 5.69 Å². The van der Waals surface area contributed by atoms with Crippen LogP contribution in [-0.4, -0.2) is 17.7 Å². The van der Waals surface area contributed by atoms with Crippen LogP contribution in [0.2, 0.25) is 5.02 Å². The second kappa shape index (κ2) is 8.03. The van der Waals surface area contributed by atoms with Crippen LogP contribution in [0.5, 0.6) is 5.75 Å². The number of aryl methyl sites for hydroxylation is 2. The number of hydrogen-bond acceptors (Lipinski definition) is 4. The lowest BCUT2D eigenvalue weighted by Crippen LogP contribution is -2.34. The van der Waals surface area contributed by atoms with E-state index < -0.39 is 6.10 Å². The Morgan fingerprint density at radius 1 is 1.20 bits per heavy atom. The van der Waals surface area contributed by atoms with Crippen molar-refractivity contribution in [1.82, 2.24) is 5.43 Å². The number of hydrazone groups is 1. The predicted octanol–water partition coefficient (Wildman–Crippen LogP) is 3.85. The molecular weight excluding hydrogens is 338 g/mol. The molecule has 0 spiro atoms. The number of nitrogens with one attached hydrogen (secondary N) is 1. The summed E-state index contributed by atoms with van der Waals surface area (Å²) in [4.78, 5) is 12.2. The van der Waals surface area contributed by atoms with E-state index in [4.69, 9.17) is 22.1 Å².